The van der Waals surface area contributed by atoms with Crippen molar-refractivity contribution in [3.05, 3.63) is 60.3 Å². The third-order valence-corrected chi connectivity index (χ3v) is 3.93. The molecule has 18 heavy (non-hydrogen) atoms. The first-order valence-corrected chi connectivity index (χ1v) is 7.01. The maximum absolute atomic E-state index is 3.95. The van der Waals surface area contributed by atoms with Gasteiger partial charge in [0.15, 0.2) is 0 Å². The Kier molecular flexibility index (Phi) is 3.33. The third kappa shape index (κ3) is 2.41. The summed E-state index contributed by atoms with van der Waals surface area (Å²) >= 11 is 1.81. The molecule has 2 nitrogen and oxygen atoms in total. The molecular weight excluding hydrogens is 240 g/mol. The first-order valence-electron chi connectivity index (χ1n) is 6.02. The SMILES string of the molecule is c1ccc2c(CCSc3ccn[nH]3)cccc2c1. The summed E-state index contributed by atoms with van der Waals surface area (Å²) < 4.78 is 0. The number of nitrogens with zero attached hydrogens (tertiary/aromatic N) is 1. The van der Waals surface area contributed by atoms with E-state index in [0.29, 0.717) is 0 Å². The van der Waals surface area contributed by atoms with Gasteiger partial charge in [-0.1, -0.05) is 42.5 Å². The van der Waals surface area contributed by atoms with Gasteiger partial charge in [0.05, 0.1) is 5.03 Å². The highest BCUT2D eigenvalue weighted by Crippen LogP contribution is 2.21. The van der Waals surface area contributed by atoms with Crippen LogP contribution in [0.15, 0.2) is 59.8 Å². The van der Waals surface area contributed by atoms with Crippen molar-refractivity contribution in [1.82, 2.24) is 10.2 Å². The van der Waals surface area contributed by atoms with Crippen LogP contribution in [-0.2, 0) is 6.42 Å². The van der Waals surface area contributed by atoms with E-state index in [0.717, 1.165) is 17.2 Å². The van der Waals surface area contributed by atoms with Crippen molar-refractivity contribution < 1.29 is 0 Å². The molecule has 0 bridgehead atoms. The fourth-order valence-corrected chi connectivity index (χ4v) is 2.92. The van der Waals surface area contributed by atoms with Gasteiger partial charge in [-0.25, -0.2) is 0 Å². The molecule has 0 spiro atoms. The largest absolute Gasteiger partial charge is 0.272 e. The molecule has 0 aliphatic carbocycles. The van der Waals surface area contributed by atoms with Crippen LogP contribution < -0.4 is 0 Å². The van der Waals surface area contributed by atoms with Crippen molar-refractivity contribution in [2.75, 3.05) is 5.75 Å². The van der Waals surface area contributed by atoms with E-state index in [1.807, 2.05) is 17.8 Å². The molecule has 0 aliphatic heterocycles. The zero-order valence-electron chi connectivity index (χ0n) is 9.97. The highest BCUT2D eigenvalue weighted by atomic mass is 32.2. The Balaban J connectivity index is 1.74. The normalized spacial score (nSPS) is 10.9. The lowest BCUT2D eigenvalue weighted by molar-refractivity contribution is 1.00. The number of hydrogen-bond donors (Lipinski definition) is 1. The molecule has 0 amide bonds. The lowest BCUT2D eigenvalue weighted by atomic mass is 10.0. The number of aromatic nitrogens is 2. The molecule has 0 atom stereocenters. The number of H-pyrrole nitrogens is 1. The van der Waals surface area contributed by atoms with Gasteiger partial charge >= 0.3 is 0 Å². The van der Waals surface area contributed by atoms with Crippen molar-refractivity contribution in [1.29, 1.82) is 0 Å². The molecule has 1 aromatic heterocycles. The van der Waals surface area contributed by atoms with E-state index in [4.69, 9.17) is 0 Å². The van der Waals surface area contributed by atoms with E-state index in [1.165, 1.54) is 16.3 Å². The quantitative estimate of drug-likeness (QED) is 0.715. The van der Waals surface area contributed by atoms with Crippen molar-refractivity contribution >= 4 is 22.5 Å². The van der Waals surface area contributed by atoms with Crippen LogP contribution in [0.5, 0.6) is 0 Å². The Morgan fingerprint density at radius 1 is 1.00 bits per heavy atom. The zero-order chi connectivity index (χ0) is 12.2. The summed E-state index contributed by atoms with van der Waals surface area (Å²) in [7, 11) is 0. The minimum absolute atomic E-state index is 1.07. The Hall–Kier alpha value is -1.74. The minimum Gasteiger partial charge on any atom is -0.272 e. The second kappa shape index (κ2) is 5.27. The molecule has 0 saturated carbocycles. The summed E-state index contributed by atoms with van der Waals surface area (Å²) in [6, 6.07) is 17.1. The van der Waals surface area contributed by atoms with Gasteiger partial charge in [-0.15, -0.1) is 11.8 Å². The molecule has 0 saturated heterocycles. The van der Waals surface area contributed by atoms with Crippen LogP contribution in [0.25, 0.3) is 10.8 Å². The van der Waals surface area contributed by atoms with E-state index in [9.17, 15) is 0 Å². The fourth-order valence-electron chi connectivity index (χ4n) is 2.10. The molecule has 1 N–H and O–H groups in total. The number of hydrogen-bond acceptors (Lipinski definition) is 2. The second-order valence-corrected chi connectivity index (χ2v) is 5.29. The molecule has 3 rings (SSSR count). The van der Waals surface area contributed by atoms with Gasteiger partial charge in [-0.2, -0.15) is 5.10 Å². The molecule has 0 aliphatic rings. The molecule has 2 aromatic carbocycles. The van der Waals surface area contributed by atoms with E-state index >= 15 is 0 Å². The van der Waals surface area contributed by atoms with Gasteiger partial charge in [0.1, 0.15) is 0 Å². The molecule has 90 valence electrons. The fraction of sp³-hybridized carbons (Fsp3) is 0.133. The van der Waals surface area contributed by atoms with Crippen LogP contribution in [0.3, 0.4) is 0 Å². The smallest absolute Gasteiger partial charge is 0.0907 e. The van der Waals surface area contributed by atoms with Crippen molar-refractivity contribution in [2.45, 2.75) is 11.4 Å². The molecule has 3 aromatic rings. The Labute approximate surface area is 110 Å². The maximum Gasteiger partial charge on any atom is 0.0907 e. The molecule has 0 unspecified atom stereocenters. The topological polar surface area (TPSA) is 28.7 Å². The standard InChI is InChI=1S/C15H14N2S/c1-2-7-14-12(4-1)5-3-6-13(14)9-11-18-15-8-10-16-17-15/h1-8,10H,9,11H2,(H,16,17). The van der Waals surface area contributed by atoms with Gasteiger partial charge in [0.2, 0.25) is 0 Å². The Bertz CT molecular complexity index is 627. The highest BCUT2D eigenvalue weighted by molar-refractivity contribution is 7.99. The number of nitrogens with one attached hydrogen (secondary N) is 1. The van der Waals surface area contributed by atoms with Gasteiger partial charge in [0.25, 0.3) is 0 Å². The van der Waals surface area contributed by atoms with Crippen LogP contribution >= 0.6 is 11.8 Å². The highest BCUT2D eigenvalue weighted by Gasteiger charge is 2.01. The van der Waals surface area contributed by atoms with Crippen LogP contribution in [0.2, 0.25) is 0 Å². The lowest BCUT2D eigenvalue weighted by Crippen LogP contribution is -1.90. The number of aromatic amines is 1. The average molecular weight is 254 g/mol. The lowest BCUT2D eigenvalue weighted by Gasteiger charge is -2.05. The van der Waals surface area contributed by atoms with E-state index in [-0.39, 0.29) is 0 Å². The summed E-state index contributed by atoms with van der Waals surface area (Å²) in [5, 5.41) is 10.7. The second-order valence-electron chi connectivity index (χ2n) is 4.16. The zero-order valence-corrected chi connectivity index (χ0v) is 10.8. The van der Waals surface area contributed by atoms with Gasteiger partial charge < -0.3 is 0 Å². The van der Waals surface area contributed by atoms with Crippen LogP contribution in [-0.4, -0.2) is 16.0 Å². The number of benzene rings is 2. The molecule has 1 heterocycles. The van der Waals surface area contributed by atoms with Crippen LogP contribution in [0.1, 0.15) is 5.56 Å². The van der Waals surface area contributed by atoms with Gasteiger partial charge in [-0.3, -0.25) is 5.10 Å². The first-order chi connectivity index (χ1) is 8.93. The summed E-state index contributed by atoms with van der Waals surface area (Å²) in [5.74, 6) is 1.07. The van der Waals surface area contributed by atoms with E-state index in [2.05, 4.69) is 52.7 Å². The molecular formula is C15H14N2S. The summed E-state index contributed by atoms with van der Waals surface area (Å²) in [6.45, 7) is 0. The average Bonchev–Trinajstić information content (AvgIpc) is 2.92. The van der Waals surface area contributed by atoms with Gasteiger partial charge in [0, 0.05) is 11.9 Å². The van der Waals surface area contributed by atoms with Crippen LogP contribution in [0.4, 0.5) is 0 Å². The number of thioether (sulfide) groups is 1. The predicted molar refractivity (Wildman–Crippen MR) is 77.0 cm³/mol. The number of aryl methyl sites for hydroxylation is 1. The molecule has 3 heteroatoms. The third-order valence-electron chi connectivity index (χ3n) is 2.98. The first kappa shape index (κ1) is 11.4. The predicted octanol–water partition coefficient (Wildman–Crippen LogP) is 3.90. The van der Waals surface area contributed by atoms with Crippen molar-refractivity contribution in [2.24, 2.45) is 0 Å². The monoisotopic (exact) mass is 254 g/mol. The summed E-state index contributed by atoms with van der Waals surface area (Å²) in [6.07, 6.45) is 2.87. The van der Waals surface area contributed by atoms with Crippen molar-refractivity contribution in [3.63, 3.8) is 0 Å². The Morgan fingerprint density at radius 2 is 1.89 bits per heavy atom. The number of rotatable bonds is 4. The minimum atomic E-state index is 1.07. The molecule has 0 radical (unpaired) electrons. The maximum atomic E-state index is 3.95. The Morgan fingerprint density at radius 3 is 2.78 bits per heavy atom. The van der Waals surface area contributed by atoms with Crippen molar-refractivity contribution in [3.8, 4) is 0 Å². The number of fused-ring (bicyclic) bond motifs is 1. The van der Waals surface area contributed by atoms with E-state index < -0.39 is 0 Å². The van der Waals surface area contributed by atoms with E-state index in [1.54, 1.807) is 6.20 Å². The summed E-state index contributed by atoms with van der Waals surface area (Å²) in [4.78, 5) is 0. The molecule has 0 fully saturated rings. The van der Waals surface area contributed by atoms with Gasteiger partial charge in [-0.05, 0) is 28.8 Å². The summed E-state index contributed by atoms with van der Waals surface area (Å²) in [5.41, 5.74) is 1.42. The van der Waals surface area contributed by atoms with Crippen LogP contribution in [0, 0.1) is 0 Å².